The van der Waals surface area contributed by atoms with Gasteiger partial charge in [-0.1, -0.05) is 36.8 Å². The molecule has 0 saturated heterocycles. The van der Waals surface area contributed by atoms with E-state index in [0.717, 1.165) is 11.1 Å². The van der Waals surface area contributed by atoms with Crippen LogP contribution in [0.5, 0.6) is 0 Å². The van der Waals surface area contributed by atoms with Crippen molar-refractivity contribution in [1.82, 2.24) is 5.32 Å². The van der Waals surface area contributed by atoms with Gasteiger partial charge >= 0.3 is 0 Å². The lowest BCUT2D eigenvalue weighted by molar-refractivity contribution is 0.415. The second kappa shape index (κ2) is 5.94. The topological polar surface area (TPSA) is 12.0 Å². The van der Waals surface area contributed by atoms with E-state index in [0.29, 0.717) is 5.92 Å². The molecule has 21 heavy (non-hydrogen) atoms. The van der Waals surface area contributed by atoms with Crippen LogP contribution < -0.4 is 5.32 Å². The first kappa shape index (κ1) is 14.2. The van der Waals surface area contributed by atoms with Crippen molar-refractivity contribution in [2.24, 2.45) is 0 Å². The SMILES string of the molecule is CNC(c1ccc(F)c(F)c1)c1ccccc1C1CCC1. The normalized spacial score (nSPS) is 16.5. The molecule has 1 aliphatic rings. The molecule has 0 aromatic heterocycles. The number of hydrogen-bond acceptors (Lipinski definition) is 1. The molecule has 0 amide bonds. The second-order valence-corrected chi connectivity index (χ2v) is 5.65. The summed E-state index contributed by atoms with van der Waals surface area (Å²) in [4.78, 5) is 0. The average Bonchev–Trinajstić information content (AvgIpc) is 2.43. The summed E-state index contributed by atoms with van der Waals surface area (Å²) in [5, 5.41) is 3.24. The van der Waals surface area contributed by atoms with Gasteiger partial charge in [0.05, 0.1) is 6.04 Å². The van der Waals surface area contributed by atoms with E-state index in [9.17, 15) is 8.78 Å². The number of hydrogen-bond donors (Lipinski definition) is 1. The maximum atomic E-state index is 13.5. The molecule has 3 rings (SSSR count). The Bertz CT molecular complexity index is 635. The van der Waals surface area contributed by atoms with E-state index < -0.39 is 11.6 Å². The Hall–Kier alpha value is -1.74. The van der Waals surface area contributed by atoms with Crippen LogP contribution in [-0.2, 0) is 0 Å². The van der Waals surface area contributed by atoms with E-state index >= 15 is 0 Å². The third-order valence-corrected chi connectivity index (χ3v) is 4.42. The molecule has 1 nitrogen and oxygen atoms in total. The minimum absolute atomic E-state index is 0.114. The summed E-state index contributed by atoms with van der Waals surface area (Å²) in [5.74, 6) is -1.00. The van der Waals surface area contributed by atoms with Gasteiger partial charge in [0.25, 0.3) is 0 Å². The molecule has 1 N–H and O–H groups in total. The van der Waals surface area contributed by atoms with Crippen LogP contribution in [0.15, 0.2) is 42.5 Å². The Morgan fingerprint density at radius 1 is 1.05 bits per heavy atom. The second-order valence-electron chi connectivity index (χ2n) is 5.65. The zero-order valence-corrected chi connectivity index (χ0v) is 12.1. The van der Waals surface area contributed by atoms with E-state index in [1.54, 1.807) is 6.07 Å². The lowest BCUT2D eigenvalue weighted by atomic mass is 9.76. The summed E-state index contributed by atoms with van der Waals surface area (Å²) in [6, 6.07) is 12.3. The Morgan fingerprint density at radius 2 is 1.81 bits per heavy atom. The van der Waals surface area contributed by atoms with E-state index in [4.69, 9.17) is 0 Å². The molecule has 110 valence electrons. The highest BCUT2D eigenvalue weighted by molar-refractivity contribution is 5.40. The molecule has 1 unspecified atom stereocenters. The van der Waals surface area contributed by atoms with Crippen molar-refractivity contribution >= 4 is 0 Å². The molecule has 2 aromatic rings. The van der Waals surface area contributed by atoms with Gasteiger partial charge in [0.2, 0.25) is 0 Å². The van der Waals surface area contributed by atoms with Crippen molar-refractivity contribution in [3.63, 3.8) is 0 Å². The Kier molecular flexibility index (Phi) is 4.02. The molecule has 0 heterocycles. The highest BCUT2D eigenvalue weighted by atomic mass is 19.2. The molecule has 0 aliphatic heterocycles. The zero-order chi connectivity index (χ0) is 14.8. The minimum atomic E-state index is -0.805. The van der Waals surface area contributed by atoms with Crippen molar-refractivity contribution in [1.29, 1.82) is 0 Å². The van der Waals surface area contributed by atoms with E-state index in [1.807, 2.05) is 13.1 Å². The Balaban J connectivity index is 2.01. The number of halogens is 2. The van der Waals surface area contributed by atoms with Gasteiger partial charge < -0.3 is 5.32 Å². The van der Waals surface area contributed by atoms with Crippen LogP contribution in [0.1, 0.15) is 47.9 Å². The van der Waals surface area contributed by atoms with Crippen molar-refractivity contribution in [3.8, 4) is 0 Å². The van der Waals surface area contributed by atoms with Crippen LogP contribution in [0.3, 0.4) is 0 Å². The van der Waals surface area contributed by atoms with Crippen molar-refractivity contribution in [2.75, 3.05) is 7.05 Å². The van der Waals surface area contributed by atoms with Gasteiger partial charge in [0.1, 0.15) is 0 Å². The highest BCUT2D eigenvalue weighted by Gasteiger charge is 2.25. The smallest absolute Gasteiger partial charge is 0.159 e. The highest BCUT2D eigenvalue weighted by Crippen LogP contribution is 2.40. The molecule has 0 spiro atoms. The first-order valence-corrected chi connectivity index (χ1v) is 7.41. The van der Waals surface area contributed by atoms with Gasteiger partial charge in [0, 0.05) is 0 Å². The number of nitrogens with one attached hydrogen (secondary N) is 1. The summed E-state index contributed by atoms with van der Waals surface area (Å²) in [5.41, 5.74) is 3.24. The van der Waals surface area contributed by atoms with Gasteiger partial charge in [-0.3, -0.25) is 0 Å². The standard InChI is InChI=1S/C18H19F2N/c1-21-18(13-9-10-16(19)17(20)11-13)15-8-3-2-7-14(15)12-5-4-6-12/h2-3,7-12,18,21H,4-6H2,1H3. The molecular formula is C18H19F2N. The molecule has 0 radical (unpaired) electrons. The quantitative estimate of drug-likeness (QED) is 0.870. The average molecular weight is 287 g/mol. The fraction of sp³-hybridized carbons (Fsp3) is 0.333. The predicted molar refractivity (Wildman–Crippen MR) is 80.3 cm³/mol. The lowest BCUT2D eigenvalue weighted by Crippen LogP contribution is -2.21. The summed E-state index contributed by atoms with van der Waals surface area (Å²) in [7, 11) is 1.85. The number of rotatable bonds is 4. The first-order valence-electron chi connectivity index (χ1n) is 7.41. The van der Waals surface area contributed by atoms with Crippen LogP contribution in [0.4, 0.5) is 8.78 Å². The van der Waals surface area contributed by atoms with E-state index in [2.05, 4.69) is 23.5 Å². The monoisotopic (exact) mass is 287 g/mol. The van der Waals surface area contributed by atoms with Gasteiger partial charge in [-0.05, 0) is 54.6 Å². The molecule has 3 heteroatoms. The van der Waals surface area contributed by atoms with Crippen LogP contribution in [0.25, 0.3) is 0 Å². The first-order chi connectivity index (χ1) is 10.2. The largest absolute Gasteiger partial charge is 0.309 e. The summed E-state index contributed by atoms with van der Waals surface area (Å²) in [6.45, 7) is 0. The molecule has 1 aliphatic carbocycles. The van der Waals surface area contributed by atoms with Gasteiger partial charge in [-0.15, -0.1) is 0 Å². The van der Waals surface area contributed by atoms with Crippen LogP contribution in [0, 0.1) is 11.6 Å². The van der Waals surface area contributed by atoms with Crippen molar-refractivity contribution in [2.45, 2.75) is 31.2 Å². The third kappa shape index (κ3) is 2.70. The molecule has 1 atom stereocenters. The van der Waals surface area contributed by atoms with Crippen molar-refractivity contribution < 1.29 is 8.78 Å². The third-order valence-electron chi connectivity index (χ3n) is 4.42. The van der Waals surface area contributed by atoms with Gasteiger partial charge in [-0.2, -0.15) is 0 Å². The zero-order valence-electron chi connectivity index (χ0n) is 12.1. The Morgan fingerprint density at radius 3 is 2.43 bits per heavy atom. The maximum Gasteiger partial charge on any atom is 0.159 e. The summed E-state index contributed by atoms with van der Waals surface area (Å²) >= 11 is 0. The Labute approximate surface area is 124 Å². The van der Waals surface area contributed by atoms with Gasteiger partial charge in [-0.25, -0.2) is 8.78 Å². The minimum Gasteiger partial charge on any atom is -0.309 e. The molecular weight excluding hydrogens is 268 g/mol. The fourth-order valence-electron chi connectivity index (χ4n) is 3.06. The lowest BCUT2D eigenvalue weighted by Gasteiger charge is -2.30. The molecule has 0 bridgehead atoms. The maximum absolute atomic E-state index is 13.5. The summed E-state index contributed by atoms with van der Waals surface area (Å²) in [6.07, 6.45) is 3.70. The number of benzene rings is 2. The van der Waals surface area contributed by atoms with Gasteiger partial charge in [0.15, 0.2) is 11.6 Å². The van der Waals surface area contributed by atoms with Crippen molar-refractivity contribution in [3.05, 3.63) is 70.8 Å². The van der Waals surface area contributed by atoms with Crippen LogP contribution in [0.2, 0.25) is 0 Å². The van der Waals surface area contributed by atoms with E-state index in [-0.39, 0.29) is 6.04 Å². The van der Waals surface area contributed by atoms with E-state index in [1.165, 1.54) is 37.0 Å². The fourth-order valence-corrected chi connectivity index (χ4v) is 3.06. The van der Waals surface area contributed by atoms with Crippen LogP contribution in [-0.4, -0.2) is 7.05 Å². The summed E-state index contributed by atoms with van der Waals surface area (Å²) < 4.78 is 26.7. The molecule has 1 fully saturated rings. The molecule has 2 aromatic carbocycles. The predicted octanol–water partition coefficient (Wildman–Crippen LogP) is 4.54. The molecule has 1 saturated carbocycles. The van der Waals surface area contributed by atoms with Crippen LogP contribution >= 0.6 is 0 Å².